The molecule has 5 aromatic rings. The molecule has 0 aliphatic rings. The molecule has 0 atom stereocenters. The first-order valence-electron chi connectivity index (χ1n) is 11.6. The smallest absolute Gasteiger partial charge is 0.349 e. The Morgan fingerprint density at radius 2 is 1.78 bits per heavy atom. The SMILES string of the molecule is Cc1ccc2sc(N(CCCN(C)C)C(=O)c3cc4c(ccc5ccccc54)oc3=O)nc2c1C.Cl. The van der Waals surface area contributed by atoms with Gasteiger partial charge in [0.2, 0.25) is 0 Å². The van der Waals surface area contributed by atoms with Gasteiger partial charge in [-0.15, -0.1) is 12.4 Å². The lowest BCUT2D eigenvalue weighted by Gasteiger charge is -2.20. The quantitative estimate of drug-likeness (QED) is 0.197. The zero-order valence-corrected chi connectivity index (χ0v) is 22.3. The van der Waals surface area contributed by atoms with Gasteiger partial charge in [-0.05, 0) is 81.0 Å². The Labute approximate surface area is 219 Å². The van der Waals surface area contributed by atoms with Crippen LogP contribution in [0.1, 0.15) is 27.9 Å². The summed E-state index contributed by atoms with van der Waals surface area (Å²) in [6.45, 7) is 5.35. The van der Waals surface area contributed by atoms with E-state index in [9.17, 15) is 9.59 Å². The molecule has 0 saturated carbocycles. The highest BCUT2D eigenvalue weighted by Crippen LogP contribution is 2.33. The second-order valence-corrected chi connectivity index (χ2v) is 10.1. The Balaban J connectivity index is 0.00000304. The summed E-state index contributed by atoms with van der Waals surface area (Å²) in [5.74, 6) is -0.388. The minimum atomic E-state index is -0.636. The van der Waals surface area contributed by atoms with Crippen LogP contribution in [0, 0.1) is 13.8 Å². The highest BCUT2D eigenvalue weighted by atomic mass is 35.5. The van der Waals surface area contributed by atoms with E-state index in [2.05, 4.69) is 17.9 Å². The van der Waals surface area contributed by atoms with Crippen LogP contribution in [0.5, 0.6) is 0 Å². The van der Waals surface area contributed by atoms with Gasteiger partial charge in [0.1, 0.15) is 11.1 Å². The second-order valence-electron chi connectivity index (χ2n) is 9.11. The van der Waals surface area contributed by atoms with Crippen LogP contribution in [0.3, 0.4) is 0 Å². The lowest BCUT2D eigenvalue weighted by atomic mass is 10.0. The van der Waals surface area contributed by atoms with Crippen LogP contribution in [0.25, 0.3) is 32.0 Å². The van der Waals surface area contributed by atoms with Gasteiger partial charge in [0.15, 0.2) is 5.13 Å². The zero-order chi connectivity index (χ0) is 24.7. The van der Waals surface area contributed by atoms with E-state index in [0.717, 1.165) is 50.5 Å². The van der Waals surface area contributed by atoms with Gasteiger partial charge in [0.25, 0.3) is 5.91 Å². The van der Waals surface area contributed by atoms with Crippen molar-refractivity contribution in [3.8, 4) is 0 Å². The van der Waals surface area contributed by atoms with Gasteiger partial charge in [-0.3, -0.25) is 9.69 Å². The Bertz CT molecular complexity index is 1640. The summed E-state index contributed by atoms with van der Waals surface area (Å²) in [4.78, 5) is 35.4. The average molecular weight is 522 g/mol. The summed E-state index contributed by atoms with van der Waals surface area (Å²) in [6, 6.07) is 17.4. The van der Waals surface area contributed by atoms with Crippen molar-refractivity contribution < 1.29 is 9.21 Å². The number of rotatable bonds is 6. The number of aryl methyl sites for hydroxylation is 2. The van der Waals surface area contributed by atoms with E-state index >= 15 is 0 Å². The molecule has 36 heavy (non-hydrogen) atoms. The van der Waals surface area contributed by atoms with Crippen molar-refractivity contribution in [3.63, 3.8) is 0 Å². The Morgan fingerprint density at radius 3 is 2.56 bits per heavy atom. The predicted molar refractivity (Wildman–Crippen MR) is 151 cm³/mol. The number of carbonyl (C=O) groups is 1. The van der Waals surface area contributed by atoms with Gasteiger partial charge in [0.05, 0.1) is 10.2 Å². The molecule has 0 N–H and O–H groups in total. The van der Waals surface area contributed by atoms with Gasteiger partial charge >= 0.3 is 5.63 Å². The van der Waals surface area contributed by atoms with Crippen LogP contribution >= 0.6 is 23.7 Å². The van der Waals surface area contributed by atoms with Crippen molar-refractivity contribution >= 4 is 66.7 Å². The third kappa shape index (κ3) is 4.74. The number of fused-ring (bicyclic) bond motifs is 4. The zero-order valence-electron chi connectivity index (χ0n) is 20.7. The number of aromatic nitrogens is 1. The number of carbonyl (C=O) groups excluding carboxylic acids is 1. The third-order valence-corrected chi connectivity index (χ3v) is 7.45. The molecule has 6 nitrogen and oxygen atoms in total. The Morgan fingerprint density at radius 1 is 1.00 bits per heavy atom. The third-order valence-electron chi connectivity index (χ3n) is 6.41. The molecule has 0 unspecified atom stereocenters. The van der Waals surface area contributed by atoms with Crippen LogP contribution in [-0.4, -0.2) is 43.0 Å². The van der Waals surface area contributed by atoms with E-state index in [1.807, 2.05) is 57.4 Å². The normalized spacial score (nSPS) is 11.4. The van der Waals surface area contributed by atoms with Crippen LogP contribution < -0.4 is 10.5 Å². The molecule has 5 rings (SSSR count). The number of nitrogens with zero attached hydrogens (tertiary/aromatic N) is 3. The first-order chi connectivity index (χ1) is 16.8. The fraction of sp³-hybridized carbons (Fsp3) is 0.250. The molecule has 0 aliphatic heterocycles. The van der Waals surface area contributed by atoms with Crippen LogP contribution in [0.15, 0.2) is 63.8 Å². The molecule has 186 valence electrons. The van der Waals surface area contributed by atoms with E-state index in [-0.39, 0.29) is 23.9 Å². The summed E-state index contributed by atoms with van der Waals surface area (Å²) < 4.78 is 6.63. The standard InChI is InChI=1S/C28H27N3O3S.ClH/c1-17-10-13-24-25(18(17)2)29-28(35-24)31(15-7-14-30(3)4)26(32)22-16-21-20-9-6-5-8-19(20)11-12-23(21)34-27(22)33;/h5-6,8-13,16H,7,14-15H2,1-4H3;1H. The molecule has 3 aromatic carbocycles. The lowest BCUT2D eigenvalue weighted by Crippen LogP contribution is -2.36. The van der Waals surface area contributed by atoms with E-state index in [0.29, 0.717) is 17.3 Å². The van der Waals surface area contributed by atoms with E-state index in [4.69, 9.17) is 9.40 Å². The average Bonchev–Trinajstić information content (AvgIpc) is 3.28. The number of benzene rings is 3. The van der Waals surface area contributed by atoms with Crippen molar-refractivity contribution in [2.24, 2.45) is 0 Å². The number of anilines is 1. The molecule has 0 bridgehead atoms. The monoisotopic (exact) mass is 521 g/mol. The molecule has 0 aliphatic carbocycles. The lowest BCUT2D eigenvalue weighted by molar-refractivity contribution is 0.0982. The molecular formula is C28H28ClN3O3S. The fourth-order valence-corrected chi connectivity index (χ4v) is 5.37. The molecule has 2 heterocycles. The van der Waals surface area contributed by atoms with Crippen LogP contribution in [-0.2, 0) is 0 Å². The first kappa shape index (κ1) is 25.8. The van der Waals surface area contributed by atoms with Crippen molar-refractivity contribution in [3.05, 3.63) is 81.7 Å². The van der Waals surface area contributed by atoms with Crippen molar-refractivity contribution in [1.29, 1.82) is 0 Å². The van der Waals surface area contributed by atoms with Crippen molar-refractivity contribution in [1.82, 2.24) is 9.88 Å². The minimum absolute atomic E-state index is 0. The molecule has 0 radical (unpaired) electrons. The second kappa shape index (κ2) is 10.4. The molecule has 2 aromatic heterocycles. The molecule has 0 saturated heterocycles. The summed E-state index contributed by atoms with van der Waals surface area (Å²) in [7, 11) is 4.00. The summed E-state index contributed by atoms with van der Waals surface area (Å²) in [6.07, 6.45) is 0.745. The van der Waals surface area contributed by atoms with Gasteiger partial charge in [-0.1, -0.05) is 47.7 Å². The summed E-state index contributed by atoms with van der Waals surface area (Å²) in [5.41, 5.74) is 3.00. The molecule has 0 spiro atoms. The summed E-state index contributed by atoms with van der Waals surface area (Å²) >= 11 is 1.47. The Hall–Kier alpha value is -3.26. The van der Waals surface area contributed by atoms with Crippen LogP contribution in [0.2, 0.25) is 0 Å². The molecule has 8 heteroatoms. The maximum atomic E-state index is 13.9. The van der Waals surface area contributed by atoms with Crippen molar-refractivity contribution in [2.75, 3.05) is 32.1 Å². The topological polar surface area (TPSA) is 66.7 Å². The Kier molecular flexibility index (Phi) is 7.45. The minimum Gasteiger partial charge on any atom is -0.422 e. The van der Waals surface area contributed by atoms with Gasteiger partial charge in [0, 0.05) is 11.9 Å². The number of thiazole rings is 1. The maximum absolute atomic E-state index is 13.9. The van der Waals surface area contributed by atoms with E-state index in [1.54, 1.807) is 17.0 Å². The number of amides is 1. The highest BCUT2D eigenvalue weighted by molar-refractivity contribution is 7.22. The molecule has 0 fully saturated rings. The van der Waals surface area contributed by atoms with Gasteiger partial charge in [-0.2, -0.15) is 0 Å². The van der Waals surface area contributed by atoms with Gasteiger partial charge < -0.3 is 9.32 Å². The van der Waals surface area contributed by atoms with E-state index < -0.39 is 5.63 Å². The number of hydrogen-bond acceptors (Lipinski definition) is 6. The van der Waals surface area contributed by atoms with E-state index in [1.165, 1.54) is 11.3 Å². The van der Waals surface area contributed by atoms with Crippen LogP contribution in [0.4, 0.5) is 5.13 Å². The first-order valence-corrected chi connectivity index (χ1v) is 12.4. The maximum Gasteiger partial charge on any atom is 0.349 e. The molecular weight excluding hydrogens is 494 g/mol. The number of halogens is 1. The number of hydrogen-bond donors (Lipinski definition) is 0. The largest absolute Gasteiger partial charge is 0.422 e. The molecule has 1 amide bonds. The van der Waals surface area contributed by atoms with Crippen molar-refractivity contribution in [2.45, 2.75) is 20.3 Å². The summed E-state index contributed by atoms with van der Waals surface area (Å²) in [5, 5.41) is 3.30. The fourth-order valence-electron chi connectivity index (χ4n) is 4.32. The predicted octanol–water partition coefficient (Wildman–Crippen LogP) is 6.19. The highest BCUT2D eigenvalue weighted by Gasteiger charge is 2.25. The van der Waals surface area contributed by atoms with Gasteiger partial charge in [-0.25, -0.2) is 9.78 Å².